The maximum atomic E-state index is 12.4. The van der Waals surface area contributed by atoms with E-state index in [1.54, 1.807) is 0 Å². The summed E-state index contributed by atoms with van der Waals surface area (Å²) in [7, 11) is -3.90. The van der Waals surface area contributed by atoms with Gasteiger partial charge in [0.2, 0.25) is 16.4 Å². The molecule has 0 bridgehead atoms. The van der Waals surface area contributed by atoms with Crippen molar-refractivity contribution >= 4 is 39.6 Å². The molecule has 1 fully saturated rings. The summed E-state index contributed by atoms with van der Waals surface area (Å²) < 4.78 is 26.1. The molecule has 0 saturated carbocycles. The highest BCUT2D eigenvalue weighted by molar-refractivity contribution is 7.89. The van der Waals surface area contributed by atoms with Crippen LogP contribution in [-0.4, -0.2) is 55.3 Å². The molecule has 2 rings (SSSR count). The lowest BCUT2D eigenvalue weighted by atomic mass is 10.3. The lowest BCUT2D eigenvalue weighted by Crippen LogP contribution is -2.47. The Balaban J connectivity index is 2.34. The molecule has 0 spiro atoms. The van der Waals surface area contributed by atoms with Crippen molar-refractivity contribution in [3.05, 3.63) is 22.2 Å². The highest BCUT2D eigenvalue weighted by Gasteiger charge is 2.31. The van der Waals surface area contributed by atoms with E-state index < -0.39 is 15.8 Å². The van der Waals surface area contributed by atoms with Gasteiger partial charge in [-0.25, -0.2) is 8.42 Å². The Bertz CT molecular complexity index is 628. The molecular formula is C11H12Cl2N2O4S. The summed E-state index contributed by atoms with van der Waals surface area (Å²) >= 11 is 11.5. The van der Waals surface area contributed by atoms with Crippen molar-refractivity contribution in [3.63, 3.8) is 0 Å². The van der Waals surface area contributed by atoms with Gasteiger partial charge in [0, 0.05) is 31.2 Å². The number of sulfonamides is 1. The van der Waals surface area contributed by atoms with Crippen LogP contribution in [-0.2, 0) is 14.8 Å². The van der Waals surface area contributed by atoms with Crippen molar-refractivity contribution < 1.29 is 18.3 Å². The van der Waals surface area contributed by atoms with E-state index in [4.69, 9.17) is 23.2 Å². The van der Waals surface area contributed by atoms with Gasteiger partial charge in [0.1, 0.15) is 4.90 Å². The second-order valence-corrected chi connectivity index (χ2v) is 7.03. The number of halogens is 2. The van der Waals surface area contributed by atoms with E-state index >= 15 is 0 Å². The summed E-state index contributed by atoms with van der Waals surface area (Å²) in [5.74, 6) is -0.520. The first kappa shape index (κ1) is 15.4. The predicted octanol–water partition coefficient (Wildman–Crippen LogP) is 1.16. The number of carbonyl (C=O) groups excluding carboxylic acids is 1. The molecule has 0 atom stereocenters. The van der Waals surface area contributed by atoms with Gasteiger partial charge in [-0.15, -0.1) is 0 Å². The summed E-state index contributed by atoms with van der Waals surface area (Å²) in [4.78, 5) is 11.8. The SMILES string of the molecule is O=CN1CCN(S(=O)(=O)c2cc(Cl)cc(Cl)c2O)CC1. The average molecular weight is 339 g/mol. The summed E-state index contributed by atoms with van der Waals surface area (Å²) in [5.41, 5.74) is 0. The third-order valence-electron chi connectivity index (χ3n) is 3.03. The van der Waals surface area contributed by atoms with E-state index in [1.165, 1.54) is 15.3 Å². The monoisotopic (exact) mass is 338 g/mol. The van der Waals surface area contributed by atoms with Gasteiger partial charge in [-0.3, -0.25) is 4.79 Å². The molecule has 1 aliphatic rings. The fourth-order valence-electron chi connectivity index (χ4n) is 1.93. The Morgan fingerprint density at radius 2 is 1.75 bits per heavy atom. The minimum Gasteiger partial charge on any atom is -0.505 e. The largest absolute Gasteiger partial charge is 0.505 e. The second-order valence-electron chi connectivity index (χ2n) is 4.28. The van der Waals surface area contributed by atoms with E-state index in [-0.39, 0.29) is 28.0 Å². The quantitative estimate of drug-likeness (QED) is 0.839. The first-order chi connectivity index (χ1) is 9.36. The highest BCUT2D eigenvalue weighted by atomic mass is 35.5. The first-order valence-corrected chi connectivity index (χ1v) is 7.93. The van der Waals surface area contributed by atoms with Crippen LogP contribution in [0, 0.1) is 0 Å². The Kier molecular flexibility index (Phi) is 4.43. The number of amides is 1. The zero-order valence-electron chi connectivity index (χ0n) is 10.3. The number of aromatic hydroxyl groups is 1. The van der Waals surface area contributed by atoms with Gasteiger partial charge >= 0.3 is 0 Å². The third-order valence-corrected chi connectivity index (χ3v) is 5.45. The van der Waals surface area contributed by atoms with Crippen LogP contribution in [0.1, 0.15) is 0 Å². The smallest absolute Gasteiger partial charge is 0.246 e. The molecule has 110 valence electrons. The Labute approximate surface area is 126 Å². The van der Waals surface area contributed by atoms with E-state index in [0.717, 1.165) is 6.07 Å². The van der Waals surface area contributed by atoms with Crippen LogP contribution in [0.25, 0.3) is 0 Å². The number of phenolic OH excluding ortho intramolecular Hbond substituents is 1. The van der Waals surface area contributed by atoms with Crippen molar-refractivity contribution in [2.24, 2.45) is 0 Å². The Morgan fingerprint density at radius 1 is 1.15 bits per heavy atom. The summed E-state index contributed by atoms with van der Waals surface area (Å²) in [6.07, 6.45) is 0.678. The van der Waals surface area contributed by atoms with Crippen LogP contribution in [0.4, 0.5) is 0 Å². The topological polar surface area (TPSA) is 77.9 Å². The van der Waals surface area contributed by atoms with Gasteiger partial charge in [0.25, 0.3) is 0 Å². The number of piperazine rings is 1. The Morgan fingerprint density at radius 3 is 2.30 bits per heavy atom. The maximum absolute atomic E-state index is 12.4. The van der Waals surface area contributed by atoms with E-state index in [2.05, 4.69) is 0 Å². The predicted molar refractivity (Wildman–Crippen MR) is 74.5 cm³/mol. The summed E-state index contributed by atoms with van der Waals surface area (Å²) in [6.45, 7) is 0.921. The van der Waals surface area contributed by atoms with Gasteiger partial charge in [0.15, 0.2) is 5.75 Å². The molecule has 20 heavy (non-hydrogen) atoms. The average Bonchev–Trinajstić information content (AvgIpc) is 2.42. The molecular weight excluding hydrogens is 327 g/mol. The van der Waals surface area contributed by atoms with Crippen molar-refractivity contribution in [2.45, 2.75) is 4.90 Å². The highest BCUT2D eigenvalue weighted by Crippen LogP contribution is 2.35. The van der Waals surface area contributed by atoms with Crippen LogP contribution in [0.15, 0.2) is 17.0 Å². The number of rotatable bonds is 3. The molecule has 1 aromatic rings. The molecule has 9 heteroatoms. The van der Waals surface area contributed by atoms with E-state index in [9.17, 15) is 18.3 Å². The fraction of sp³-hybridized carbons (Fsp3) is 0.364. The number of nitrogens with zero attached hydrogens (tertiary/aromatic N) is 2. The number of carbonyl (C=O) groups is 1. The number of hydrogen-bond acceptors (Lipinski definition) is 4. The van der Waals surface area contributed by atoms with Crippen LogP contribution in [0.2, 0.25) is 10.0 Å². The minimum absolute atomic E-state index is 0.123. The van der Waals surface area contributed by atoms with Crippen molar-refractivity contribution in [3.8, 4) is 5.75 Å². The number of phenols is 1. The van der Waals surface area contributed by atoms with Gasteiger partial charge in [-0.2, -0.15) is 4.31 Å². The molecule has 6 nitrogen and oxygen atoms in total. The number of benzene rings is 1. The van der Waals surface area contributed by atoms with E-state index in [0.29, 0.717) is 19.5 Å². The van der Waals surface area contributed by atoms with Crippen LogP contribution < -0.4 is 0 Å². The van der Waals surface area contributed by atoms with Gasteiger partial charge in [-0.1, -0.05) is 23.2 Å². The van der Waals surface area contributed by atoms with Crippen molar-refractivity contribution in [1.29, 1.82) is 0 Å². The molecule has 0 radical (unpaired) electrons. The molecule has 1 aromatic carbocycles. The molecule has 1 saturated heterocycles. The van der Waals surface area contributed by atoms with Gasteiger partial charge < -0.3 is 10.0 Å². The lowest BCUT2D eigenvalue weighted by Gasteiger charge is -2.31. The van der Waals surface area contributed by atoms with Crippen LogP contribution in [0.5, 0.6) is 5.75 Å². The minimum atomic E-state index is -3.90. The standard InChI is InChI=1S/C11H12Cl2N2O4S/c12-8-5-9(13)11(17)10(6-8)20(18,19)15-3-1-14(7-16)2-4-15/h5-7,17H,1-4H2. The normalized spacial score (nSPS) is 17.2. The summed E-state index contributed by atoms with van der Waals surface area (Å²) in [6, 6.07) is 2.42. The second kappa shape index (κ2) is 5.77. The maximum Gasteiger partial charge on any atom is 0.246 e. The van der Waals surface area contributed by atoms with Gasteiger partial charge in [0.05, 0.1) is 5.02 Å². The molecule has 1 N–H and O–H groups in total. The van der Waals surface area contributed by atoms with Crippen molar-refractivity contribution in [2.75, 3.05) is 26.2 Å². The zero-order chi connectivity index (χ0) is 14.9. The molecule has 0 unspecified atom stereocenters. The van der Waals surface area contributed by atoms with E-state index in [1.807, 2.05) is 0 Å². The van der Waals surface area contributed by atoms with Crippen LogP contribution >= 0.6 is 23.2 Å². The fourth-order valence-corrected chi connectivity index (χ4v) is 4.09. The molecule has 0 aromatic heterocycles. The number of hydrogen-bond donors (Lipinski definition) is 1. The Hall–Kier alpha value is -1.02. The first-order valence-electron chi connectivity index (χ1n) is 5.74. The molecule has 1 amide bonds. The molecule has 1 heterocycles. The lowest BCUT2D eigenvalue weighted by molar-refractivity contribution is -0.119. The van der Waals surface area contributed by atoms with Crippen LogP contribution in [0.3, 0.4) is 0 Å². The van der Waals surface area contributed by atoms with Gasteiger partial charge in [-0.05, 0) is 12.1 Å². The third kappa shape index (κ3) is 2.85. The zero-order valence-corrected chi connectivity index (χ0v) is 12.6. The summed E-state index contributed by atoms with van der Waals surface area (Å²) in [5, 5.41) is 9.82. The van der Waals surface area contributed by atoms with Crippen molar-refractivity contribution in [1.82, 2.24) is 9.21 Å². The molecule has 0 aliphatic carbocycles. The molecule has 1 aliphatic heterocycles.